The SMILES string of the molecule is NN=Nc1ccc(N(CCN=O)CCON)cc1. The maximum Gasteiger partial charge on any atom is 0.0986 e. The lowest BCUT2D eigenvalue weighted by Gasteiger charge is -2.23. The minimum Gasteiger partial charge on any atom is -0.367 e. The molecule has 1 rings (SSSR count). The second-order valence-electron chi connectivity index (χ2n) is 3.44. The molecule has 0 saturated heterocycles. The van der Waals surface area contributed by atoms with Gasteiger partial charge >= 0.3 is 0 Å². The van der Waals surface area contributed by atoms with Crippen molar-refractivity contribution in [3.63, 3.8) is 0 Å². The van der Waals surface area contributed by atoms with E-state index >= 15 is 0 Å². The van der Waals surface area contributed by atoms with Crippen molar-refractivity contribution in [1.29, 1.82) is 0 Å². The topological polar surface area (TPSA) is 119 Å². The van der Waals surface area contributed by atoms with Crippen LogP contribution in [0.2, 0.25) is 0 Å². The normalized spacial score (nSPS) is 10.7. The fraction of sp³-hybridized carbons (Fsp3) is 0.400. The molecule has 18 heavy (non-hydrogen) atoms. The minimum atomic E-state index is 0.203. The van der Waals surface area contributed by atoms with Gasteiger partial charge in [-0.2, -0.15) is 4.91 Å². The quantitative estimate of drug-likeness (QED) is 0.311. The fourth-order valence-corrected chi connectivity index (χ4v) is 1.49. The van der Waals surface area contributed by atoms with Gasteiger partial charge < -0.3 is 15.6 Å². The highest BCUT2D eigenvalue weighted by atomic mass is 16.6. The zero-order valence-corrected chi connectivity index (χ0v) is 9.90. The third kappa shape index (κ3) is 4.44. The van der Waals surface area contributed by atoms with Crippen molar-refractivity contribution in [3.8, 4) is 0 Å². The Morgan fingerprint density at radius 3 is 2.50 bits per heavy atom. The van der Waals surface area contributed by atoms with Gasteiger partial charge in [0, 0.05) is 18.8 Å². The van der Waals surface area contributed by atoms with Crippen LogP contribution in [0.3, 0.4) is 0 Å². The van der Waals surface area contributed by atoms with E-state index in [4.69, 9.17) is 11.7 Å². The Labute approximate surface area is 105 Å². The molecule has 8 nitrogen and oxygen atoms in total. The van der Waals surface area contributed by atoms with Gasteiger partial charge in [0.2, 0.25) is 0 Å². The zero-order chi connectivity index (χ0) is 13.2. The summed E-state index contributed by atoms with van der Waals surface area (Å²) in [4.78, 5) is 16.7. The van der Waals surface area contributed by atoms with Gasteiger partial charge in [0.1, 0.15) is 0 Å². The first-order valence-electron chi connectivity index (χ1n) is 5.38. The summed E-state index contributed by atoms with van der Waals surface area (Å²) in [5.41, 5.74) is 1.58. The molecule has 0 spiro atoms. The van der Waals surface area contributed by atoms with Gasteiger partial charge in [-0.05, 0) is 24.3 Å². The maximum atomic E-state index is 10.2. The number of nitrogens with zero attached hydrogens (tertiary/aromatic N) is 4. The first-order valence-corrected chi connectivity index (χ1v) is 5.38. The van der Waals surface area contributed by atoms with E-state index in [0.29, 0.717) is 25.4 Å². The molecule has 8 heteroatoms. The van der Waals surface area contributed by atoms with Crippen LogP contribution in [0.1, 0.15) is 0 Å². The van der Waals surface area contributed by atoms with E-state index in [-0.39, 0.29) is 6.54 Å². The van der Waals surface area contributed by atoms with Crippen LogP contribution < -0.4 is 16.6 Å². The first kappa shape index (κ1) is 14.0. The average Bonchev–Trinajstić information content (AvgIpc) is 2.41. The number of nitroso groups, excluding NO2 is 1. The van der Waals surface area contributed by atoms with Gasteiger partial charge in [-0.25, -0.2) is 5.90 Å². The van der Waals surface area contributed by atoms with E-state index in [1.54, 1.807) is 12.1 Å². The maximum absolute atomic E-state index is 10.2. The highest BCUT2D eigenvalue weighted by molar-refractivity contribution is 5.52. The Morgan fingerprint density at radius 1 is 1.22 bits per heavy atom. The average molecular weight is 252 g/mol. The molecule has 0 fully saturated rings. The van der Waals surface area contributed by atoms with Crippen molar-refractivity contribution in [2.24, 2.45) is 27.3 Å². The van der Waals surface area contributed by atoms with Gasteiger partial charge in [-0.3, -0.25) is 0 Å². The molecule has 0 aliphatic rings. The van der Waals surface area contributed by atoms with Crippen molar-refractivity contribution in [1.82, 2.24) is 0 Å². The highest BCUT2D eigenvalue weighted by Gasteiger charge is 2.06. The molecule has 0 saturated carbocycles. The van der Waals surface area contributed by atoms with Gasteiger partial charge in [0.25, 0.3) is 0 Å². The van der Waals surface area contributed by atoms with Crippen LogP contribution in [-0.4, -0.2) is 26.2 Å². The Morgan fingerprint density at radius 2 is 1.94 bits per heavy atom. The molecule has 98 valence electrons. The van der Waals surface area contributed by atoms with Gasteiger partial charge in [-0.1, -0.05) is 10.4 Å². The second kappa shape index (κ2) is 8.09. The first-order chi connectivity index (χ1) is 8.81. The third-order valence-electron chi connectivity index (χ3n) is 2.33. The minimum absolute atomic E-state index is 0.203. The van der Waals surface area contributed by atoms with Crippen molar-refractivity contribution < 1.29 is 4.84 Å². The number of benzene rings is 1. The molecule has 0 aliphatic heterocycles. The molecule has 0 bridgehead atoms. The van der Waals surface area contributed by atoms with Crippen LogP contribution in [0, 0.1) is 4.91 Å². The summed E-state index contributed by atoms with van der Waals surface area (Å²) in [5, 5.41) is 9.74. The lowest BCUT2D eigenvalue weighted by molar-refractivity contribution is 0.144. The summed E-state index contributed by atoms with van der Waals surface area (Å²) in [5.74, 6) is 9.95. The van der Waals surface area contributed by atoms with E-state index < -0.39 is 0 Å². The Balaban J connectivity index is 2.73. The van der Waals surface area contributed by atoms with Crippen LogP contribution in [0.5, 0.6) is 0 Å². The van der Waals surface area contributed by atoms with E-state index in [1.165, 1.54) is 0 Å². The summed E-state index contributed by atoms with van der Waals surface area (Å²) in [6, 6.07) is 7.25. The van der Waals surface area contributed by atoms with Crippen LogP contribution in [0.25, 0.3) is 0 Å². The predicted molar refractivity (Wildman–Crippen MR) is 68.2 cm³/mol. The van der Waals surface area contributed by atoms with E-state index in [2.05, 4.69) is 20.4 Å². The summed E-state index contributed by atoms with van der Waals surface area (Å²) < 4.78 is 0. The van der Waals surface area contributed by atoms with E-state index in [0.717, 1.165) is 5.69 Å². The molecular weight excluding hydrogens is 236 g/mol. The van der Waals surface area contributed by atoms with Crippen molar-refractivity contribution in [2.75, 3.05) is 31.1 Å². The van der Waals surface area contributed by atoms with Gasteiger partial charge in [0.15, 0.2) is 0 Å². The molecule has 0 aliphatic carbocycles. The third-order valence-corrected chi connectivity index (χ3v) is 2.33. The monoisotopic (exact) mass is 252 g/mol. The molecule has 0 radical (unpaired) electrons. The van der Waals surface area contributed by atoms with Crippen molar-refractivity contribution in [3.05, 3.63) is 29.2 Å². The van der Waals surface area contributed by atoms with E-state index in [1.807, 2.05) is 17.0 Å². The number of anilines is 1. The summed E-state index contributed by atoms with van der Waals surface area (Å²) in [6.07, 6.45) is 0. The molecule has 0 atom stereocenters. The zero-order valence-electron chi connectivity index (χ0n) is 9.90. The number of hydrogen-bond acceptors (Lipinski definition) is 7. The van der Waals surface area contributed by atoms with Gasteiger partial charge in [-0.15, -0.1) is 5.11 Å². The van der Waals surface area contributed by atoms with Crippen LogP contribution >= 0.6 is 0 Å². The fourth-order valence-electron chi connectivity index (χ4n) is 1.49. The highest BCUT2D eigenvalue weighted by Crippen LogP contribution is 2.19. The molecule has 4 N–H and O–H groups in total. The lowest BCUT2D eigenvalue weighted by Crippen LogP contribution is -2.30. The molecule has 0 heterocycles. The van der Waals surface area contributed by atoms with E-state index in [9.17, 15) is 4.91 Å². The molecule has 1 aromatic rings. The van der Waals surface area contributed by atoms with Gasteiger partial charge in [0.05, 0.1) is 18.8 Å². The van der Waals surface area contributed by atoms with Crippen LogP contribution in [0.4, 0.5) is 11.4 Å². The summed E-state index contributed by atoms with van der Waals surface area (Å²) >= 11 is 0. The van der Waals surface area contributed by atoms with Crippen molar-refractivity contribution in [2.45, 2.75) is 0 Å². The smallest absolute Gasteiger partial charge is 0.0986 e. The number of rotatable bonds is 8. The molecule has 0 unspecified atom stereocenters. The summed E-state index contributed by atoms with van der Waals surface area (Å²) in [7, 11) is 0. The van der Waals surface area contributed by atoms with Crippen molar-refractivity contribution >= 4 is 11.4 Å². The number of hydrogen-bond donors (Lipinski definition) is 2. The predicted octanol–water partition coefficient (Wildman–Crippen LogP) is 1.11. The molecule has 1 aromatic carbocycles. The molecular formula is C10H16N6O2. The van der Waals surface area contributed by atoms with Crippen LogP contribution in [0.15, 0.2) is 39.8 Å². The second-order valence-corrected chi connectivity index (χ2v) is 3.44. The standard InChI is InChI=1S/C10H16N6O2/c11-15-14-9-1-3-10(4-2-9)16(6-5-13-17)7-8-18-12/h1-4H,5-8,12H2,(H2,11,14). The Kier molecular flexibility index (Phi) is 6.30. The largest absolute Gasteiger partial charge is 0.367 e. The number of nitrogens with two attached hydrogens (primary N) is 2. The molecule has 0 amide bonds. The summed E-state index contributed by atoms with van der Waals surface area (Å²) in [6.45, 7) is 1.65. The van der Waals surface area contributed by atoms with Crippen LogP contribution in [-0.2, 0) is 4.84 Å². The lowest BCUT2D eigenvalue weighted by atomic mass is 10.2. The molecule has 0 aromatic heterocycles. The Hall–Kier alpha value is -2.06. The Bertz CT molecular complexity index is 380.